The van der Waals surface area contributed by atoms with Crippen LogP contribution in [-0.4, -0.2) is 10.2 Å². The maximum absolute atomic E-state index is 10.3. The summed E-state index contributed by atoms with van der Waals surface area (Å²) in [6.07, 6.45) is 9.13. The first-order valence-electron chi connectivity index (χ1n) is 6.70. The Balaban J connectivity index is 2.17. The van der Waals surface area contributed by atoms with E-state index in [-0.39, 0.29) is 11.5 Å². The molecule has 2 heteroatoms. The van der Waals surface area contributed by atoms with E-state index in [0.717, 1.165) is 28.7 Å². The fraction of sp³-hybridized carbons (Fsp3) is 0.111. The van der Waals surface area contributed by atoms with Crippen molar-refractivity contribution in [1.29, 1.82) is 0 Å². The Labute approximate surface area is 118 Å². The van der Waals surface area contributed by atoms with E-state index in [2.05, 4.69) is 0 Å². The monoisotopic (exact) mass is 264 g/mol. The summed E-state index contributed by atoms with van der Waals surface area (Å²) in [4.78, 5) is 0. The molecule has 0 heterocycles. The minimum atomic E-state index is 0.290. The Kier molecular flexibility index (Phi) is 3.30. The predicted octanol–water partition coefficient (Wildman–Crippen LogP) is 4.12. The molecule has 0 saturated heterocycles. The van der Waals surface area contributed by atoms with Crippen LogP contribution in [0.5, 0.6) is 11.5 Å². The van der Waals surface area contributed by atoms with Gasteiger partial charge in [0.15, 0.2) is 0 Å². The second-order valence-corrected chi connectivity index (χ2v) is 4.93. The molecule has 0 amide bonds. The summed E-state index contributed by atoms with van der Waals surface area (Å²) in [6.45, 7) is 0. The number of hydrogen-bond donors (Lipinski definition) is 2. The van der Waals surface area contributed by atoms with Gasteiger partial charge in [0.25, 0.3) is 0 Å². The lowest BCUT2D eigenvalue weighted by Gasteiger charge is -2.11. The van der Waals surface area contributed by atoms with Gasteiger partial charge in [0, 0.05) is 17.5 Å². The zero-order valence-corrected chi connectivity index (χ0v) is 11.1. The van der Waals surface area contributed by atoms with Gasteiger partial charge in [-0.05, 0) is 17.5 Å². The average molecular weight is 264 g/mol. The molecule has 0 atom stereocenters. The number of phenols is 2. The van der Waals surface area contributed by atoms with Crippen molar-refractivity contribution in [3.8, 4) is 11.5 Å². The minimum absolute atomic E-state index is 0.290. The Morgan fingerprint density at radius 3 is 1.70 bits per heavy atom. The van der Waals surface area contributed by atoms with Crippen molar-refractivity contribution in [2.45, 2.75) is 12.8 Å². The number of rotatable bonds is 0. The quantitative estimate of drug-likeness (QED) is 0.751. The number of hydrogen-bond acceptors (Lipinski definition) is 2. The lowest BCUT2D eigenvalue weighted by Crippen LogP contribution is -1.93. The summed E-state index contributed by atoms with van der Waals surface area (Å²) in [5.41, 5.74) is 3.27. The molecule has 2 N–H and O–H groups in total. The van der Waals surface area contributed by atoms with Gasteiger partial charge in [0.1, 0.15) is 11.5 Å². The van der Waals surface area contributed by atoms with Crippen LogP contribution in [0.25, 0.3) is 12.2 Å². The second-order valence-electron chi connectivity index (χ2n) is 4.93. The first-order chi connectivity index (χ1) is 9.75. The summed E-state index contributed by atoms with van der Waals surface area (Å²) in [5, 5.41) is 20.6. The molecule has 2 aromatic rings. The fourth-order valence-corrected chi connectivity index (χ4v) is 2.45. The molecule has 0 fully saturated rings. The molecule has 0 unspecified atom stereocenters. The van der Waals surface area contributed by atoms with Gasteiger partial charge in [-0.3, -0.25) is 0 Å². The van der Waals surface area contributed by atoms with Gasteiger partial charge in [0.05, 0.1) is 0 Å². The van der Waals surface area contributed by atoms with Gasteiger partial charge in [-0.25, -0.2) is 0 Å². The van der Waals surface area contributed by atoms with Gasteiger partial charge in [-0.1, -0.05) is 60.7 Å². The summed E-state index contributed by atoms with van der Waals surface area (Å²) in [7, 11) is 0. The third kappa shape index (κ3) is 2.32. The molecule has 0 aromatic heterocycles. The molecule has 0 saturated carbocycles. The largest absolute Gasteiger partial charge is 0.507 e. The van der Waals surface area contributed by atoms with Crippen molar-refractivity contribution in [3.63, 3.8) is 0 Å². The highest BCUT2D eigenvalue weighted by molar-refractivity contribution is 5.64. The SMILES string of the molecule is Oc1c2cccc1Cc1cccc(c1O)C=CCC=C2. The van der Waals surface area contributed by atoms with Crippen molar-refractivity contribution in [1.82, 2.24) is 0 Å². The van der Waals surface area contributed by atoms with Crippen molar-refractivity contribution < 1.29 is 10.2 Å². The topological polar surface area (TPSA) is 40.5 Å². The molecule has 3 rings (SSSR count). The Morgan fingerprint density at radius 2 is 1.20 bits per heavy atom. The Bertz CT molecular complexity index is 637. The highest BCUT2D eigenvalue weighted by atomic mass is 16.3. The fourth-order valence-electron chi connectivity index (χ4n) is 2.45. The summed E-state index contributed by atoms with van der Waals surface area (Å²) >= 11 is 0. The smallest absolute Gasteiger partial charge is 0.126 e. The van der Waals surface area contributed by atoms with E-state index in [0.29, 0.717) is 6.42 Å². The minimum Gasteiger partial charge on any atom is -0.507 e. The first-order valence-corrected chi connectivity index (χ1v) is 6.70. The number of para-hydroxylation sites is 2. The molecule has 1 aliphatic rings. The second kappa shape index (κ2) is 5.25. The van der Waals surface area contributed by atoms with Gasteiger partial charge >= 0.3 is 0 Å². The molecule has 0 aliphatic heterocycles. The van der Waals surface area contributed by atoms with E-state index in [1.807, 2.05) is 60.7 Å². The average Bonchev–Trinajstić information content (AvgIpc) is 2.45. The standard InChI is InChI=1S/C18H16O2/c19-17-13-6-2-1-3-7-14-9-5-11-16(18(14)20)12-15(17)10-4-8-13/h2-11,19-20H,1,12H2. The third-order valence-corrected chi connectivity index (χ3v) is 3.55. The molecular formula is C18H16O2. The highest BCUT2D eigenvalue weighted by Gasteiger charge is 2.10. The molecule has 20 heavy (non-hydrogen) atoms. The van der Waals surface area contributed by atoms with Crippen LogP contribution in [0.15, 0.2) is 48.6 Å². The van der Waals surface area contributed by atoms with E-state index in [1.54, 1.807) is 0 Å². The third-order valence-electron chi connectivity index (χ3n) is 3.55. The van der Waals surface area contributed by atoms with Gasteiger partial charge < -0.3 is 10.2 Å². The zero-order chi connectivity index (χ0) is 13.9. The lowest BCUT2D eigenvalue weighted by atomic mass is 9.97. The number of fused-ring (bicyclic) bond motifs is 4. The predicted molar refractivity (Wildman–Crippen MR) is 81.7 cm³/mol. The van der Waals surface area contributed by atoms with Crippen molar-refractivity contribution >= 4 is 12.2 Å². The Hall–Kier alpha value is -2.48. The van der Waals surface area contributed by atoms with E-state index in [9.17, 15) is 10.2 Å². The van der Waals surface area contributed by atoms with E-state index < -0.39 is 0 Å². The van der Waals surface area contributed by atoms with Crippen LogP contribution in [0.2, 0.25) is 0 Å². The van der Waals surface area contributed by atoms with Crippen LogP contribution in [0.4, 0.5) is 0 Å². The van der Waals surface area contributed by atoms with Crippen molar-refractivity contribution in [2.75, 3.05) is 0 Å². The molecular weight excluding hydrogens is 248 g/mol. The molecule has 2 aromatic carbocycles. The molecule has 0 spiro atoms. The normalized spacial score (nSPS) is 13.6. The zero-order valence-electron chi connectivity index (χ0n) is 11.1. The van der Waals surface area contributed by atoms with Gasteiger partial charge in [0.2, 0.25) is 0 Å². The molecule has 2 nitrogen and oxygen atoms in total. The van der Waals surface area contributed by atoms with Gasteiger partial charge in [-0.15, -0.1) is 0 Å². The number of phenolic OH excluding ortho intramolecular Hbond substituents is 2. The van der Waals surface area contributed by atoms with Crippen LogP contribution in [0.3, 0.4) is 0 Å². The molecule has 100 valence electrons. The van der Waals surface area contributed by atoms with Crippen LogP contribution < -0.4 is 0 Å². The summed E-state index contributed by atoms with van der Waals surface area (Å²) < 4.78 is 0. The van der Waals surface area contributed by atoms with Gasteiger partial charge in [-0.2, -0.15) is 0 Å². The maximum atomic E-state index is 10.3. The first kappa shape index (κ1) is 12.5. The van der Waals surface area contributed by atoms with Crippen LogP contribution in [-0.2, 0) is 6.42 Å². The molecule has 1 aliphatic carbocycles. The van der Waals surface area contributed by atoms with Crippen LogP contribution in [0, 0.1) is 0 Å². The molecule has 4 bridgehead atoms. The van der Waals surface area contributed by atoms with Crippen molar-refractivity contribution in [3.05, 3.63) is 70.8 Å². The number of aromatic hydroxyl groups is 2. The number of allylic oxidation sites excluding steroid dienone is 2. The highest BCUT2D eigenvalue weighted by Crippen LogP contribution is 2.31. The van der Waals surface area contributed by atoms with E-state index in [4.69, 9.17) is 0 Å². The molecule has 0 radical (unpaired) electrons. The van der Waals surface area contributed by atoms with Crippen LogP contribution in [0.1, 0.15) is 28.7 Å². The van der Waals surface area contributed by atoms with E-state index >= 15 is 0 Å². The summed E-state index contributed by atoms with van der Waals surface area (Å²) in [5.74, 6) is 0.580. The number of benzene rings is 2. The maximum Gasteiger partial charge on any atom is 0.126 e. The van der Waals surface area contributed by atoms with E-state index in [1.165, 1.54) is 0 Å². The van der Waals surface area contributed by atoms with Crippen LogP contribution >= 0.6 is 0 Å². The Morgan fingerprint density at radius 1 is 0.700 bits per heavy atom. The summed E-state index contributed by atoms with van der Waals surface area (Å²) in [6, 6.07) is 11.4. The van der Waals surface area contributed by atoms with Crippen molar-refractivity contribution in [2.24, 2.45) is 0 Å². The lowest BCUT2D eigenvalue weighted by molar-refractivity contribution is 0.461.